The van der Waals surface area contributed by atoms with Gasteiger partial charge in [0.05, 0.1) is 31.6 Å². The summed E-state index contributed by atoms with van der Waals surface area (Å²) in [5, 5.41) is 0. The largest absolute Gasteiger partial charge is 0.379 e. The van der Waals surface area contributed by atoms with Gasteiger partial charge in [0.25, 0.3) is 10.1 Å². The second-order valence-corrected chi connectivity index (χ2v) is 9.20. The molecule has 1 aliphatic rings. The van der Waals surface area contributed by atoms with Crippen LogP contribution in [0, 0.1) is 0 Å². The molecule has 1 aromatic rings. The van der Waals surface area contributed by atoms with E-state index in [1.165, 1.54) is 11.8 Å². The number of nitrogens with zero attached hydrogens (tertiary/aromatic N) is 1. The van der Waals surface area contributed by atoms with Crippen molar-refractivity contribution < 1.29 is 22.1 Å². The normalized spacial score (nSPS) is 16.8. The van der Waals surface area contributed by atoms with Gasteiger partial charge in [-0.3, -0.25) is 13.9 Å². The molecule has 0 saturated carbocycles. The summed E-state index contributed by atoms with van der Waals surface area (Å²) in [5.41, 5.74) is 0.107. The molecule has 1 fully saturated rings. The van der Waals surface area contributed by atoms with E-state index in [2.05, 4.69) is 4.90 Å². The Hall–Kier alpha value is -0.930. The highest BCUT2D eigenvalue weighted by molar-refractivity contribution is 7.99. The van der Waals surface area contributed by atoms with Crippen molar-refractivity contribution >= 4 is 27.7 Å². The zero-order valence-corrected chi connectivity index (χ0v) is 16.5. The maximum absolute atomic E-state index is 12.9. The molecule has 25 heavy (non-hydrogen) atoms. The second-order valence-electron chi connectivity index (χ2n) is 6.39. The molecule has 0 bridgehead atoms. The highest BCUT2D eigenvalue weighted by Gasteiger charge is 2.35. The fourth-order valence-electron chi connectivity index (χ4n) is 2.67. The summed E-state index contributed by atoms with van der Waals surface area (Å²) in [6.45, 7) is 6.86. The van der Waals surface area contributed by atoms with Crippen molar-refractivity contribution in [2.24, 2.45) is 0 Å². The van der Waals surface area contributed by atoms with E-state index in [1.807, 2.05) is 38.1 Å². The molecule has 1 saturated heterocycles. The number of carbonyl (C=O) groups is 1. The third-order valence-electron chi connectivity index (χ3n) is 4.12. The summed E-state index contributed by atoms with van der Waals surface area (Å²) >= 11 is 1.49. The lowest BCUT2D eigenvalue weighted by molar-refractivity contribution is -0.00430. The summed E-state index contributed by atoms with van der Waals surface area (Å²) in [7, 11) is -3.40. The van der Waals surface area contributed by atoms with Gasteiger partial charge in [-0.25, -0.2) is 0 Å². The molecule has 6 nitrogen and oxygen atoms in total. The van der Waals surface area contributed by atoms with Crippen LogP contribution in [0.2, 0.25) is 0 Å². The zero-order valence-electron chi connectivity index (χ0n) is 14.9. The van der Waals surface area contributed by atoms with E-state index >= 15 is 0 Å². The lowest BCUT2D eigenvalue weighted by Crippen LogP contribution is -2.54. The van der Waals surface area contributed by atoms with Gasteiger partial charge in [0.15, 0.2) is 5.78 Å². The van der Waals surface area contributed by atoms with Crippen molar-refractivity contribution in [2.45, 2.75) is 24.3 Å². The SMILES string of the molecule is CC(C)(C(=O)c1ccc(SCCOS(C)(=O)=O)cc1)N1CCOCC1. The summed E-state index contributed by atoms with van der Waals surface area (Å²) < 4.78 is 31.9. The van der Waals surface area contributed by atoms with E-state index in [4.69, 9.17) is 8.92 Å². The van der Waals surface area contributed by atoms with Crippen molar-refractivity contribution in [3.63, 3.8) is 0 Å². The number of hydrogen-bond donors (Lipinski definition) is 0. The van der Waals surface area contributed by atoms with E-state index < -0.39 is 15.7 Å². The minimum absolute atomic E-state index is 0.0892. The monoisotopic (exact) mass is 387 g/mol. The molecule has 8 heteroatoms. The van der Waals surface area contributed by atoms with E-state index in [0.29, 0.717) is 24.5 Å². The van der Waals surface area contributed by atoms with E-state index in [1.54, 1.807) is 0 Å². The Morgan fingerprint density at radius 1 is 1.24 bits per heavy atom. The van der Waals surface area contributed by atoms with Crippen molar-refractivity contribution in [3.8, 4) is 0 Å². The Kier molecular flexibility index (Phi) is 7.04. The molecule has 1 aromatic carbocycles. The molecule has 2 rings (SSSR count). The molecule has 0 radical (unpaired) electrons. The minimum atomic E-state index is -3.40. The van der Waals surface area contributed by atoms with Crippen molar-refractivity contribution in [2.75, 3.05) is 44.9 Å². The third-order valence-corrected chi connectivity index (χ3v) is 5.69. The fraction of sp³-hybridized carbons (Fsp3) is 0.588. The van der Waals surface area contributed by atoms with E-state index in [0.717, 1.165) is 24.2 Å². The predicted molar refractivity (Wildman–Crippen MR) is 98.8 cm³/mol. The van der Waals surface area contributed by atoms with Crippen LogP contribution in [0.3, 0.4) is 0 Å². The summed E-state index contributed by atoms with van der Waals surface area (Å²) in [6.07, 6.45) is 1.04. The molecule has 0 N–H and O–H groups in total. The first-order valence-corrected chi connectivity index (χ1v) is 11.0. The number of Topliss-reactive ketones (excluding diaryl/α,β-unsaturated/α-hetero) is 1. The molecule has 0 unspecified atom stereocenters. The number of carbonyl (C=O) groups excluding carboxylic acids is 1. The molecule has 0 atom stereocenters. The van der Waals surface area contributed by atoms with Crippen molar-refractivity contribution in [1.29, 1.82) is 0 Å². The van der Waals surface area contributed by atoms with Gasteiger partial charge >= 0.3 is 0 Å². The lowest BCUT2D eigenvalue weighted by Gasteiger charge is -2.39. The Morgan fingerprint density at radius 3 is 2.40 bits per heavy atom. The average molecular weight is 388 g/mol. The molecule has 0 aliphatic carbocycles. The number of rotatable bonds is 8. The molecule has 0 spiro atoms. The third kappa shape index (κ3) is 6.07. The van der Waals surface area contributed by atoms with Gasteiger partial charge in [0.2, 0.25) is 0 Å². The minimum Gasteiger partial charge on any atom is -0.379 e. The molecular weight excluding hydrogens is 362 g/mol. The Bertz CT molecular complexity index is 679. The predicted octanol–water partition coefficient (Wildman–Crippen LogP) is 2.05. The summed E-state index contributed by atoms with van der Waals surface area (Å²) in [6, 6.07) is 7.41. The van der Waals surface area contributed by atoms with Gasteiger partial charge in [-0.1, -0.05) is 12.1 Å². The Labute approximate surface area is 154 Å². The molecule has 0 aromatic heterocycles. The maximum Gasteiger partial charge on any atom is 0.264 e. The van der Waals surface area contributed by atoms with Gasteiger partial charge in [-0.05, 0) is 26.0 Å². The summed E-state index contributed by atoms with van der Waals surface area (Å²) in [5.74, 6) is 0.617. The van der Waals surface area contributed by atoms with E-state index in [9.17, 15) is 13.2 Å². The molecule has 1 aliphatic heterocycles. The highest BCUT2D eigenvalue weighted by atomic mass is 32.2. The van der Waals surface area contributed by atoms with Crippen molar-refractivity contribution in [3.05, 3.63) is 29.8 Å². The maximum atomic E-state index is 12.9. The average Bonchev–Trinajstić information content (AvgIpc) is 2.58. The highest BCUT2D eigenvalue weighted by Crippen LogP contribution is 2.24. The first kappa shape index (κ1) is 20.4. The Morgan fingerprint density at radius 2 is 1.84 bits per heavy atom. The first-order valence-electron chi connectivity index (χ1n) is 8.15. The zero-order chi connectivity index (χ0) is 18.5. The van der Waals surface area contributed by atoms with Crippen LogP contribution in [-0.2, 0) is 19.0 Å². The van der Waals surface area contributed by atoms with Gasteiger partial charge in [0, 0.05) is 29.3 Å². The topological polar surface area (TPSA) is 72.9 Å². The van der Waals surface area contributed by atoms with Gasteiger partial charge in [-0.15, -0.1) is 11.8 Å². The number of thioether (sulfide) groups is 1. The van der Waals surface area contributed by atoms with Crippen LogP contribution in [0.4, 0.5) is 0 Å². The smallest absolute Gasteiger partial charge is 0.264 e. The van der Waals surface area contributed by atoms with Crippen LogP contribution in [0.25, 0.3) is 0 Å². The standard InChI is InChI=1S/C17H25NO5S2/c1-17(2,18-8-10-22-11-9-18)16(19)14-4-6-15(7-5-14)24-13-12-23-25(3,20)21/h4-7H,8-13H2,1-3H3. The summed E-state index contributed by atoms with van der Waals surface area (Å²) in [4.78, 5) is 16.0. The van der Waals surface area contributed by atoms with Crippen LogP contribution in [0.1, 0.15) is 24.2 Å². The quantitative estimate of drug-likeness (QED) is 0.292. The van der Waals surface area contributed by atoms with Crippen LogP contribution >= 0.6 is 11.8 Å². The molecular formula is C17H25NO5S2. The molecule has 140 valence electrons. The van der Waals surface area contributed by atoms with Crippen molar-refractivity contribution in [1.82, 2.24) is 4.90 Å². The van der Waals surface area contributed by atoms with Gasteiger partial charge in [-0.2, -0.15) is 8.42 Å². The first-order chi connectivity index (χ1) is 11.7. The molecule has 0 amide bonds. The fourth-order valence-corrected chi connectivity index (χ4v) is 3.89. The van der Waals surface area contributed by atoms with Crippen LogP contribution in [0.5, 0.6) is 0 Å². The van der Waals surface area contributed by atoms with Gasteiger partial charge < -0.3 is 4.74 Å². The number of ether oxygens (including phenoxy) is 1. The number of ketones is 1. The number of morpholine rings is 1. The van der Waals surface area contributed by atoms with Crippen LogP contribution in [-0.4, -0.2) is 69.6 Å². The number of hydrogen-bond acceptors (Lipinski definition) is 7. The van der Waals surface area contributed by atoms with Crippen LogP contribution < -0.4 is 0 Å². The molecule has 1 heterocycles. The second kappa shape index (κ2) is 8.64. The van der Waals surface area contributed by atoms with Gasteiger partial charge in [0.1, 0.15) is 0 Å². The van der Waals surface area contributed by atoms with Crippen LogP contribution in [0.15, 0.2) is 29.2 Å². The Balaban J connectivity index is 1.93. The van der Waals surface area contributed by atoms with E-state index in [-0.39, 0.29) is 12.4 Å². The lowest BCUT2D eigenvalue weighted by atomic mass is 9.91. The number of benzene rings is 1.